The van der Waals surface area contributed by atoms with Crippen molar-refractivity contribution in [2.24, 2.45) is 0 Å². The van der Waals surface area contributed by atoms with E-state index in [1.54, 1.807) is 0 Å². The predicted octanol–water partition coefficient (Wildman–Crippen LogP) is 2.49. The van der Waals surface area contributed by atoms with Crippen LogP contribution in [-0.4, -0.2) is 0 Å². The average molecular weight is 220 g/mol. The molecule has 0 nitrogen and oxygen atoms in total. The van der Waals surface area contributed by atoms with Crippen LogP contribution in [0.3, 0.4) is 0 Å². The van der Waals surface area contributed by atoms with Crippen LogP contribution in [0.25, 0.3) is 0 Å². The van der Waals surface area contributed by atoms with Crippen LogP contribution in [0.4, 0.5) is 0 Å². The smallest absolute Gasteiger partial charge is 0 e. The molecule has 0 unspecified atom stereocenters. The standard InChI is InChI=1S/C10H11.Y/c1-8-5-6-9-3-2-4-10(9)7-8;/h4-7H,2-3H2,1H3;/q-1;. The van der Waals surface area contributed by atoms with Crippen LogP contribution in [0.2, 0.25) is 0 Å². The van der Waals surface area contributed by atoms with Gasteiger partial charge in [-0.05, 0) is 0 Å². The van der Waals surface area contributed by atoms with Gasteiger partial charge in [-0.3, -0.25) is 0 Å². The molecule has 0 aliphatic heterocycles. The van der Waals surface area contributed by atoms with E-state index in [2.05, 4.69) is 31.5 Å². The van der Waals surface area contributed by atoms with Crippen LogP contribution in [-0.2, 0) is 39.1 Å². The van der Waals surface area contributed by atoms with Crippen molar-refractivity contribution < 1.29 is 32.7 Å². The first-order valence-corrected chi connectivity index (χ1v) is 3.79. The van der Waals surface area contributed by atoms with Gasteiger partial charge in [0.1, 0.15) is 0 Å². The first-order valence-electron chi connectivity index (χ1n) is 3.79. The van der Waals surface area contributed by atoms with Gasteiger partial charge in [0, 0.05) is 32.7 Å². The molecule has 1 aromatic carbocycles. The maximum Gasteiger partial charge on any atom is 0 e. The molecule has 55 valence electrons. The molecule has 0 atom stereocenters. The number of rotatable bonds is 0. The molecule has 0 fully saturated rings. The van der Waals surface area contributed by atoms with E-state index in [0.717, 1.165) is 0 Å². The zero-order valence-electron chi connectivity index (χ0n) is 6.80. The Morgan fingerprint density at radius 1 is 1.36 bits per heavy atom. The fourth-order valence-corrected chi connectivity index (χ4v) is 1.52. The second-order valence-corrected chi connectivity index (χ2v) is 2.95. The van der Waals surface area contributed by atoms with Gasteiger partial charge in [-0.15, -0.1) is 17.2 Å². The third-order valence-electron chi connectivity index (χ3n) is 2.08. The Morgan fingerprint density at radius 2 is 2.18 bits per heavy atom. The van der Waals surface area contributed by atoms with Crippen molar-refractivity contribution in [3.63, 3.8) is 0 Å². The summed E-state index contributed by atoms with van der Waals surface area (Å²) in [6.45, 7) is 2.15. The molecule has 1 aliphatic carbocycles. The third kappa shape index (κ3) is 1.86. The molecule has 0 spiro atoms. The second-order valence-electron chi connectivity index (χ2n) is 2.95. The van der Waals surface area contributed by atoms with E-state index in [-0.39, 0.29) is 32.7 Å². The number of hydrogen-bond donors (Lipinski definition) is 0. The maximum atomic E-state index is 2.32. The fourth-order valence-electron chi connectivity index (χ4n) is 1.52. The quantitative estimate of drug-likeness (QED) is 0.589. The molecule has 0 saturated heterocycles. The Bertz CT molecular complexity index is 253. The van der Waals surface area contributed by atoms with Gasteiger partial charge >= 0.3 is 0 Å². The third-order valence-corrected chi connectivity index (χ3v) is 2.08. The molecule has 0 amide bonds. The molecule has 0 N–H and O–H groups in total. The Hall–Kier alpha value is 0.194. The van der Waals surface area contributed by atoms with Gasteiger partial charge < -0.3 is 0 Å². The topological polar surface area (TPSA) is 0 Å². The van der Waals surface area contributed by atoms with E-state index in [1.807, 2.05) is 0 Å². The van der Waals surface area contributed by atoms with Gasteiger partial charge in [0.25, 0.3) is 0 Å². The Morgan fingerprint density at radius 3 is 3.00 bits per heavy atom. The normalized spacial score (nSPS) is 13.2. The first-order chi connectivity index (χ1) is 4.86. The van der Waals surface area contributed by atoms with Gasteiger partial charge in [-0.1, -0.05) is 25.8 Å². The minimum Gasteiger partial charge on any atom is -0.189 e. The Kier molecular flexibility index (Phi) is 3.15. The van der Waals surface area contributed by atoms with Crippen LogP contribution < -0.4 is 0 Å². The van der Waals surface area contributed by atoms with Crippen molar-refractivity contribution in [1.29, 1.82) is 0 Å². The zero-order chi connectivity index (χ0) is 6.97. The van der Waals surface area contributed by atoms with Gasteiger partial charge in [-0.2, -0.15) is 18.1 Å². The van der Waals surface area contributed by atoms with E-state index in [1.165, 1.54) is 29.5 Å². The van der Waals surface area contributed by atoms with E-state index in [0.29, 0.717) is 0 Å². The van der Waals surface area contributed by atoms with Crippen molar-refractivity contribution in [3.8, 4) is 0 Å². The van der Waals surface area contributed by atoms with Crippen LogP contribution in [0.1, 0.15) is 23.1 Å². The van der Waals surface area contributed by atoms with Crippen LogP contribution >= 0.6 is 0 Å². The molecule has 1 heteroatoms. The van der Waals surface area contributed by atoms with Crippen molar-refractivity contribution in [2.75, 3.05) is 0 Å². The summed E-state index contributed by atoms with van der Waals surface area (Å²) in [7, 11) is 0. The summed E-state index contributed by atoms with van der Waals surface area (Å²) in [5.41, 5.74) is 4.35. The first kappa shape index (κ1) is 9.28. The molecule has 0 aromatic heterocycles. The molecule has 11 heavy (non-hydrogen) atoms. The number of hydrogen-bond acceptors (Lipinski definition) is 0. The summed E-state index contributed by atoms with van der Waals surface area (Å²) in [6.07, 6.45) is 4.80. The van der Waals surface area contributed by atoms with E-state index in [9.17, 15) is 0 Å². The van der Waals surface area contributed by atoms with Gasteiger partial charge in [0.15, 0.2) is 0 Å². The summed E-state index contributed by atoms with van der Waals surface area (Å²) in [6, 6.07) is 6.70. The minimum atomic E-state index is 0. The van der Waals surface area contributed by atoms with Crippen molar-refractivity contribution in [1.82, 2.24) is 0 Å². The molecule has 0 heterocycles. The average Bonchev–Trinajstić information content (AvgIpc) is 2.33. The fraction of sp³-hybridized carbons (Fsp3) is 0.300. The number of fused-ring (bicyclic) bond motifs is 1. The molecular weight excluding hydrogens is 209 g/mol. The number of aryl methyl sites for hydroxylation is 2. The summed E-state index contributed by atoms with van der Waals surface area (Å²) in [4.78, 5) is 0. The van der Waals surface area contributed by atoms with Gasteiger partial charge in [0.05, 0.1) is 0 Å². The summed E-state index contributed by atoms with van der Waals surface area (Å²) in [5, 5.41) is 0. The van der Waals surface area contributed by atoms with Crippen LogP contribution in [0, 0.1) is 13.3 Å². The van der Waals surface area contributed by atoms with Gasteiger partial charge in [-0.25, -0.2) is 0 Å². The maximum absolute atomic E-state index is 2.32. The molecular formula is C10H11Y-. The molecule has 0 bridgehead atoms. The van der Waals surface area contributed by atoms with E-state index < -0.39 is 0 Å². The molecule has 1 aliphatic rings. The van der Waals surface area contributed by atoms with Crippen molar-refractivity contribution in [2.45, 2.75) is 19.8 Å². The minimum absolute atomic E-state index is 0. The van der Waals surface area contributed by atoms with Crippen molar-refractivity contribution >= 4 is 0 Å². The van der Waals surface area contributed by atoms with Crippen molar-refractivity contribution in [3.05, 3.63) is 41.3 Å². The largest absolute Gasteiger partial charge is 0.189 e. The summed E-state index contributed by atoms with van der Waals surface area (Å²) in [5.74, 6) is 0. The molecule has 1 radical (unpaired) electrons. The monoisotopic (exact) mass is 220 g/mol. The molecule has 2 rings (SSSR count). The molecule has 1 aromatic rings. The zero-order valence-corrected chi connectivity index (χ0v) is 9.64. The van der Waals surface area contributed by atoms with Gasteiger partial charge in [0.2, 0.25) is 0 Å². The molecule has 0 saturated carbocycles. The SMILES string of the molecule is Cc1ccc2c(c1)[CH-]CC2.[Y]. The Labute approximate surface area is 93.3 Å². The van der Waals surface area contributed by atoms with E-state index >= 15 is 0 Å². The Balaban J connectivity index is 0.000000605. The summed E-state index contributed by atoms with van der Waals surface area (Å²) >= 11 is 0. The second kappa shape index (κ2) is 3.73. The van der Waals surface area contributed by atoms with Crippen LogP contribution in [0.5, 0.6) is 0 Å². The van der Waals surface area contributed by atoms with Crippen LogP contribution in [0.15, 0.2) is 18.2 Å². The number of benzene rings is 1. The predicted molar refractivity (Wildman–Crippen MR) is 42.9 cm³/mol. The van der Waals surface area contributed by atoms with E-state index in [4.69, 9.17) is 0 Å². The summed E-state index contributed by atoms with van der Waals surface area (Å²) < 4.78 is 0.